The highest BCUT2D eigenvalue weighted by molar-refractivity contribution is 5.93. The smallest absolute Gasteiger partial charge is 0.146 e. The first-order valence-electron chi connectivity index (χ1n) is 7.37. The van der Waals surface area contributed by atoms with E-state index in [9.17, 15) is 5.11 Å². The maximum absolute atomic E-state index is 9.27. The van der Waals surface area contributed by atoms with Crippen LogP contribution < -0.4 is 5.32 Å². The average molecular weight is 296 g/mol. The molecule has 3 aromatic rings. The van der Waals surface area contributed by atoms with Crippen LogP contribution in [0, 0.1) is 20.8 Å². The molecule has 1 aromatic carbocycles. The molecule has 2 heterocycles. The zero-order valence-corrected chi connectivity index (χ0v) is 13.1. The molecule has 22 heavy (non-hydrogen) atoms. The van der Waals surface area contributed by atoms with E-state index in [0.717, 1.165) is 33.8 Å². The molecule has 0 fully saturated rings. The third-order valence-corrected chi connectivity index (χ3v) is 4.13. The van der Waals surface area contributed by atoms with Crippen LogP contribution in [0.1, 0.15) is 16.8 Å². The van der Waals surface area contributed by atoms with Crippen LogP contribution >= 0.6 is 0 Å². The molecule has 5 heteroatoms. The number of rotatable bonds is 4. The largest absolute Gasteiger partial charge is 0.395 e. The van der Waals surface area contributed by atoms with Gasteiger partial charge in [0.1, 0.15) is 17.8 Å². The van der Waals surface area contributed by atoms with Crippen molar-refractivity contribution in [3.63, 3.8) is 0 Å². The van der Waals surface area contributed by atoms with Crippen molar-refractivity contribution in [2.75, 3.05) is 11.9 Å². The summed E-state index contributed by atoms with van der Waals surface area (Å²) in [5.74, 6) is 0.802. The fraction of sp³-hybridized carbons (Fsp3) is 0.294. The SMILES string of the molecule is Cc1ccccc1Nc1ncnc2c1c(C)c(C)n2CCO. The number of hydrogen-bond donors (Lipinski definition) is 2. The minimum absolute atomic E-state index is 0.0919. The number of aryl methyl sites for hydroxylation is 2. The highest BCUT2D eigenvalue weighted by Crippen LogP contribution is 2.30. The van der Waals surface area contributed by atoms with Crippen LogP contribution in [0.2, 0.25) is 0 Å². The third kappa shape index (κ3) is 2.33. The summed E-state index contributed by atoms with van der Waals surface area (Å²) < 4.78 is 2.04. The van der Waals surface area contributed by atoms with E-state index >= 15 is 0 Å². The molecule has 0 radical (unpaired) electrons. The predicted octanol–water partition coefficient (Wildman–Crippen LogP) is 3.09. The Bertz CT molecular complexity index is 823. The van der Waals surface area contributed by atoms with Crippen molar-refractivity contribution in [2.24, 2.45) is 0 Å². The summed E-state index contributed by atoms with van der Waals surface area (Å²) in [6.07, 6.45) is 1.57. The van der Waals surface area contributed by atoms with Gasteiger partial charge in [-0.2, -0.15) is 0 Å². The van der Waals surface area contributed by atoms with E-state index in [-0.39, 0.29) is 6.61 Å². The lowest BCUT2D eigenvalue weighted by atomic mass is 10.2. The molecule has 0 amide bonds. The molecule has 2 aromatic heterocycles. The summed E-state index contributed by atoms with van der Waals surface area (Å²) >= 11 is 0. The normalized spacial score (nSPS) is 11.1. The Morgan fingerprint density at radius 1 is 1.14 bits per heavy atom. The molecular weight excluding hydrogens is 276 g/mol. The molecule has 0 saturated heterocycles. The number of nitrogens with zero attached hydrogens (tertiary/aromatic N) is 3. The maximum Gasteiger partial charge on any atom is 0.146 e. The number of anilines is 2. The van der Waals surface area contributed by atoms with E-state index in [4.69, 9.17) is 0 Å². The first-order chi connectivity index (χ1) is 10.6. The lowest BCUT2D eigenvalue weighted by Gasteiger charge is -2.10. The Morgan fingerprint density at radius 2 is 1.91 bits per heavy atom. The Hall–Kier alpha value is -2.40. The van der Waals surface area contributed by atoms with Crippen molar-refractivity contribution in [3.05, 3.63) is 47.4 Å². The van der Waals surface area contributed by atoms with Crippen LogP contribution in [0.4, 0.5) is 11.5 Å². The number of benzene rings is 1. The second-order valence-electron chi connectivity index (χ2n) is 5.45. The molecule has 0 aliphatic heterocycles. The number of aliphatic hydroxyl groups excluding tert-OH is 1. The lowest BCUT2D eigenvalue weighted by Crippen LogP contribution is -2.05. The highest BCUT2D eigenvalue weighted by atomic mass is 16.3. The van der Waals surface area contributed by atoms with Gasteiger partial charge in [0, 0.05) is 17.9 Å². The minimum Gasteiger partial charge on any atom is -0.395 e. The van der Waals surface area contributed by atoms with Crippen LogP contribution in [0.5, 0.6) is 0 Å². The molecular formula is C17H20N4O. The van der Waals surface area contributed by atoms with Crippen LogP contribution in [-0.4, -0.2) is 26.2 Å². The fourth-order valence-electron chi connectivity index (χ4n) is 2.78. The highest BCUT2D eigenvalue weighted by Gasteiger charge is 2.16. The zero-order valence-electron chi connectivity index (χ0n) is 13.1. The van der Waals surface area contributed by atoms with Crippen LogP contribution in [0.3, 0.4) is 0 Å². The van der Waals surface area contributed by atoms with Gasteiger partial charge in [-0.25, -0.2) is 9.97 Å². The monoisotopic (exact) mass is 296 g/mol. The van der Waals surface area contributed by atoms with Gasteiger partial charge in [0.2, 0.25) is 0 Å². The van der Waals surface area contributed by atoms with Gasteiger partial charge in [-0.15, -0.1) is 0 Å². The summed E-state index contributed by atoms with van der Waals surface area (Å²) in [6.45, 7) is 6.81. The zero-order chi connectivity index (χ0) is 15.7. The van der Waals surface area contributed by atoms with Crippen molar-refractivity contribution in [3.8, 4) is 0 Å². The van der Waals surface area contributed by atoms with Gasteiger partial charge in [0.05, 0.1) is 12.0 Å². The van der Waals surface area contributed by atoms with Gasteiger partial charge >= 0.3 is 0 Å². The number of aromatic nitrogens is 3. The first kappa shape index (κ1) is 14.5. The van der Waals surface area contributed by atoms with E-state index in [1.165, 1.54) is 5.56 Å². The van der Waals surface area contributed by atoms with Gasteiger partial charge in [-0.05, 0) is 38.0 Å². The first-order valence-corrected chi connectivity index (χ1v) is 7.37. The molecule has 2 N–H and O–H groups in total. The molecule has 0 bridgehead atoms. The number of aliphatic hydroxyl groups is 1. The predicted molar refractivity (Wildman–Crippen MR) is 88.5 cm³/mol. The van der Waals surface area contributed by atoms with Crippen molar-refractivity contribution >= 4 is 22.5 Å². The Kier molecular flexibility index (Phi) is 3.81. The topological polar surface area (TPSA) is 63.0 Å². The molecule has 0 saturated carbocycles. The maximum atomic E-state index is 9.27. The summed E-state index contributed by atoms with van der Waals surface area (Å²) in [6, 6.07) is 8.12. The summed E-state index contributed by atoms with van der Waals surface area (Å²) in [7, 11) is 0. The van der Waals surface area contributed by atoms with E-state index < -0.39 is 0 Å². The number of para-hydroxylation sites is 1. The molecule has 114 valence electrons. The van der Waals surface area contributed by atoms with Gasteiger partial charge in [-0.3, -0.25) is 0 Å². The summed E-state index contributed by atoms with van der Waals surface area (Å²) in [4.78, 5) is 8.83. The van der Waals surface area contributed by atoms with E-state index in [2.05, 4.69) is 35.2 Å². The van der Waals surface area contributed by atoms with Crippen LogP contribution in [0.15, 0.2) is 30.6 Å². The Labute approximate surface area is 129 Å². The molecule has 0 aliphatic rings. The molecule has 0 spiro atoms. The number of fused-ring (bicyclic) bond motifs is 1. The summed E-state index contributed by atoms with van der Waals surface area (Å²) in [5, 5.41) is 13.7. The fourth-order valence-corrected chi connectivity index (χ4v) is 2.78. The van der Waals surface area contributed by atoms with Gasteiger partial charge in [0.25, 0.3) is 0 Å². The lowest BCUT2D eigenvalue weighted by molar-refractivity contribution is 0.276. The van der Waals surface area contributed by atoms with Crippen molar-refractivity contribution < 1.29 is 5.11 Å². The van der Waals surface area contributed by atoms with Crippen LogP contribution in [0.25, 0.3) is 11.0 Å². The average Bonchev–Trinajstić information content (AvgIpc) is 2.76. The molecule has 5 nitrogen and oxygen atoms in total. The van der Waals surface area contributed by atoms with Gasteiger partial charge < -0.3 is 15.0 Å². The second kappa shape index (κ2) is 5.77. The second-order valence-corrected chi connectivity index (χ2v) is 5.45. The van der Waals surface area contributed by atoms with E-state index in [0.29, 0.717) is 6.54 Å². The van der Waals surface area contributed by atoms with Crippen molar-refractivity contribution in [1.29, 1.82) is 0 Å². The third-order valence-electron chi connectivity index (χ3n) is 4.13. The van der Waals surface area contributed by atoms with Gasteiger partial charge in [0.15, 0.2) is 0 Å². The molecule has 0 atom stereocenters. The van der Waals surface area contributed by atoms with Crippen LogP contribution in [-0.2, 0) is 6.54 Å². The number of hydrogen-bond acceptors (Lipinski definition) is 4. The number of nitrogens with one attached hydrogen (secondary N) is 1. The Morgan fingerprint density at radius 3 is 2.64 bits per heavy atom. The van der Waals surface area contributed by atoms with Crippen molar-refractivity contribution in [2.45, 2.75) is 27.3 Å². The summed E-state index contributed by atoms with van der Waals surface area (Å²) in [5.41, 5.74) is 5.31. The molecule has 0 aliphatic carbocycles. The van der Waals surface area contributed by atoms with Gasteiger partial charge in [-0.1, -0.05) is 18.2 Å². The minimum atomic E-state index is 0.0919. The van der Waals surface area contributed by atoms with Crippen molar-refractivity contribution in [1.82, 2.24) is 14.5 Å². The molecule has 3 rings (SSSR count). The Balaban J connectivity index is 2.15. The molecule has 0 unspecified atom stereocenters. The standard InChI is InChI=1S/C17H20N4O/c1-11-6-4-5-7-14(11)20-16-15-12(2)13(3)21(8-9-22)17(15)19-10-18-16/h4-7,10,22H,8-9H2,1-3H3,(H,18,19,20). The van der Waals surface area contributed by atoms with E-state index in [1.54, 1.807) is 6.33 Å². The quantitative estimate of drug-likeness (QED) is 0.776. The van der Waals surface area contributed by atoms with E-state index in [1.807, 2.05) is 29.7 Å².